The number of halogens is 3. The van der Waals surface area contributed by atoms with Crippen molar-refractivity contribution in [3.05, 3.63) is 17.0 Å². The van der Waals surface area contributed by atoms with Gasteiger partial charge in [0.2, 0.25) is 0 Å². The lowest BCUT2D eigenvalue weighted by Crippen LogP contribution is -2.42. The Morgan fingerprint density at radius 2 is 1.88 bits per heavy atom. The van der Waals surface area contributed by atoms with Crippen LogP contribution in [0.25, 0.3) is 0 Å². The monoisotopic (exact) mass is 374 g/mol. The first-order valence-electron chi connectivity index (χ1n) is 9.04. The first-order valence-corrected chi connectivity index (χ1v) is 9.04. The number of alkyl halides is 3. The highest BCUT2D eigenvalue weighted by Crippen LogP contribution is 2.35. The third-order valence-electron chi connectivity index (χ3n) is 4.64. The Kier molecular flexibility index (Phi) is 5.75. The van der Waals surface area contributed by atoms with Crippen LogP contribution in [0.15, 0.2) is 0 Å². The molecule has 5 nitrogen and oxygen atoms in total. The van der Waals surface area contributed by atoms with Crippen molar-refractivity contribution in [2.45, 2.75) is 78.2 Å². The van der Waals surface area contributed by atoms with Gasteiger partial charge >= 0.3 is 6.18 Å². The molecule has 0 aliphatic carbocycles. The molecule has 1 amide bonds. The Bertz CT molecular complexity index is 659. The number of carbonyl (C=O) groups is 1. The van der Waals surface area contributed by atoms with E-state index < -0.39 is 23.3 Å². The molecule has 0 saturated carbocycles. The minimum Gasteiger partial charge on any atom is -0.347 e. The minimum atomic E-state index is -4.67. The van der Waals surface area contributed by atoms with E-state index >= 15 is 0 Å². The van der Waals surface area contributed by atoms with Gasteiger partial charge in [0.1, 0.15) is 0 Å². The third-order valence-corrected chi connectivity index (χ3v) is 4.64. The standard InChI is InChI=1S/C18H29F3N4O/c1-11(2)24-9-7-8-13(10-24)25-12(3)14(15(23-25)18(19,20)21)16(26)22-17(4,5)6/h11,13H,7-10H2,1-6H3,(H,22,26). The van der Waals surface area contributed by atoms with Crippen molar-refractivity contribution in [3.63, 3.8) is 0 Å². The number of hydrogen-bond acceptors (Lipinski definition) is 3. The Morgan fingerprint density at radius 1 is 1.27 bits per heavy atom. The number of piperidine rings is 1. The van der Waals surface area contributed by atoms with Crippen molar-refractivity contribution >= 4 is 5.91 Å². The van der Waals surface area contributed by atoms with Gasteiger partial charge in [-0.25, -0.2) is 0 Å². The summed E-state index contributed by atoms with van der Waals surface area (Å²) in [5, 5.41) is 6.48. The predicted octanol–water partition coefficient (Wildman–Crippen LogP) is 3.78. The highest BCUT2D eigenvalue weighted by atomic mass is 19.4. The van der Waals surface area contributed by atoms with Crippen LogP contribution in [-0.4, -0.2) is 45.3 Å². The van der Waals surface area contributed by atoms with E-state index in [0.29, 0.717) is 12.6 Å². The molecule has 0 bridgehead atoms. The summed E-state index contributed by atoms with van der Waals surface area (Å²) < 4.78 is 42.0. The quantitative estimate of drug-likeness (QED) is 0.876. The van der Waals surface area contributed by atoms with E-state index in [1.807, 2.05) is 0 Å². The zero-order chi connectivity index (χ0) is 19.9. The van der Waals surface area contributed by atoms with Gasteiger partial charge in [0.15, 0.2) is 5.69 Å². The number of likely N-dealkylation sites (tertiary alicyclic amines) is 1. The van der Waals surface area contributed by atoms with Crippen LogP contribution in [0.4, 0.5) is 13.2 Å². The lowest BCUT2D eigenvalue weighted by Gasteiger charge is -2.35. The largest absolute Gasteiger partial charge is 0.435 e. The van der Waals surface area contributed by atoms with Crippen molar-refractivity contribution in [2.24, 2.45) is 0 Å². The molecule has 0 aromatic carbocycles. The van der Waals surface area contributed by atoms with Gasteiger partial charge in [-0.3, -0.25) is 14.4 Å². The zero-order valence-corrected chi connectivity index (χ0v) is 16.4. The fourth-order valence-electron chi connectivity index (χ4n) is 3.40. The lowest BCUT2D eigenvalue weighted by molar-refractivity contribution is -0.142. The van der Waals surface area contributed by atoms with Crippen LogP contribution in [-0.2, 0) is 6.18 Å². The molecule has 1 fully saturated rings. The molecule has 1 unspecified atom stereocenters. The van der Waals surface area contributed by atoms with Crippen LogP contribution in [0.2, 0.25) is 0 Å². The number of hydrogen-bond donors (Lipinski definition) is 1. The molecule has 1 aromatic heterocycles. The second kappa shape index (κ2) is 7.21. The molecule has 1 saturated heterocycles. The summed E-state index contributed by atoms with van der Waals surface area (Å²) in [4.78, 5) is 14.8. The molecule has 0 spiro atoms. The molecule has 8 heteroatoms. The van der Waals surface area contributed by atoms with E-state index in [1.54, 1.807) is 27.7 Å². The molecular weight excluding hydrogens is 345 g/mol. The summed E-state index contributed by atoms with van der Waals surface area (Å²) in [6.45, 7) is 12.5. The van der Waals surface area contributed by atoms with Gasteiger partial charge in [0.25, 0.3) is 5.91 Å². The highest BCUT2D eigenvalue weighted by molar-refractivity contribution is 5.97. The maximum absolute atomic E-state index is 13.5. The van der Waals surface area contributed by atoms with Crippen LogP contribution in [0.3, 0.4) is 0 Å². The van der Waals surface area contributed by atoms with Crippen LogP contribution in [0.1, 0.15) is 75.2 Å². The number of aromatic nitrogens is 2. The Hall–Kier alpha value is -1.57. The van der Waals surface area contributed by atoms with E-state index in [0.717, 1.165) is 19.4 Å². The fourth-order valence-corrected chi connectivity index (χ4v) is 3.40. The predicted molar refractivity (Wildman–Crippen MR) is 94.2 cm³/mol. The van der Waals surface area contributed by atoms with E-state index in [9.17, 15) is 18.0 Å². The lowest BCUT2D eigenvalue weighted by atomic mass is 10.0. The molecule has 1 aromatic rings. The van der Waals surface area contributed by atoms with Crippen LogP contribution in [0.5, 0.6) is 0 Å². The van der Waals surface area contributed by atoms with Crippen molar-refractivity contribution in [2.75, 3.05) is 13.1 Å². The van der Waals surface area contributed by atoms with Crippen LogP contribution >= 0.6 is 0 Å². The smallest absolute Gasteiger partial charge is 0.347 e. The van der Waals surface area contributed by atoms with Crippen LogP contribution < -0.4 is 5.32 Å². The van der Waals surface area contributed by atoms with Crippen molar-refractivity contribution in [1.82, 2.24) is 20.0 Å². The van der Waals surface area contributed by atoms with E-state index in [1.165, 1.54) is 4.68 Å². The van der Waals surface area contributed by atoms with Gasteiger partial charge in [-0.05, 0) is 60.9 Å². The summed E-state index contributed by atoms with van der Waals surface area (Å²) in [5.41, 5.74) is -1.82. The molecule has 0 radical (unpaired) electrons. The van der Waals surface area contributed by atoms with E-state index in [2.05, 4.69) is 29.2 Å². The number of rotatable bonds is 3. The first-order chi connectivity index (χ1) is 11.8. The maximum Gasteiger partial charge on any atom is 0.435 e. The molecule has 1 aliphatic heterocycles. The van der Waals surface area contributed by atoms with E-state index in [4.69, 9.17) is 0 Å². The first kappa shape index (κ1) is 20.7. The van der Waals surface area contributed by atoms with Gasteiger partial charge in [-0.2, -0.15) is 18.3 Å². The second-order valence-electron chi connectivity index (χ2n) is 8.34. The second-order valence-corrected chi connectivity index (χ2v) is 8.34. The summed E-state index contributed by atoms with van der Waals surface area (Å²) in [7, 11) is 0. The minimum absolute atomic E-state index is 0.163. The summed E-state index contributed by atoms with van der Waals surface area (Å²) in [6, 6.07) is 0.155. The number of carbonyl (C=O) groups excluding carboxylic acids is 1. The van der Waals surface area contributed by atoms with Crippen molar-refractivity contribution < 1.29 is 18.0 Å². The molecular formula is C18H29F3N4O. The van der Waals surface area contributed by atoms with Gasteiger partial charge in [0.05, 0.1) is 11.6 Å². The van der Waals surface area contributed by atoms with Gasteiger partial charge in [-0.15, -0.1) is 0 Å². The zero-order valence-electron chi connectivity index (χ0n) is 16.4. The Labute approximate surface area is 152 Å². The number of nitrogens with zero attached hydrogens (tertiary/aromatic N) is 3. The summed E-state index contributed by atoms with van der Waals surface area (Å²) >= 11 is 0. The molecule has 1 atom stereocenters. The van der Waals surface area contributed by atoms with Crippen molar-refractivity contribution in [1.29, 1.82) is 0 Å². The summed E-state index contributed by atoms with van der Waals surface area (Å²) in [6.07, 6.45) is -3.02. The molecule has 2 heterocycles. The maximum atomic E-state index is 13.5. The normalized spacial score (nSPS) is 19.8. The molecule has 2 rings (SSSR count). The van der Waals surface area contributed by atoms with Gasteiger partial charge in [0, 0.05) is 23.8 Å². The number of nitrogens with one attached hydrogen (secondary N) is 1. The average Bonchev–Trinajstić information content (AvgIpc) is 2.83. The van der Waals surface area contributed by atoms with Crippen molar-refractivity contribution in [3.8, 4) is 0 Å². The highest BCUT2D eigenvalue weighted by Gasteiger charge is 2.42. The molecule has 1 aliphatic rings. The molecule has 148 valence electrons. The Morgan fingerprint density at radius 3 is 2.38 bits per heavy atom. The third kappa shape index (κ3) is 4.58. The topological polar surface area (TPSA) is 50.2 Å². The van der Waals surface area contributed by atoms with Gasteiger partial charge < -0.3 is 5.32 Å². The van der Waals surface area contributed by atoms with E-state index in [-0.39, 0.29) is 17.3 Å². The molecule has 1 N–H and O–H groups in total. The Balaban J connectivity index is 2.44. The molecule has 26 heavy (non-hydrogen) atoms. The average molecular weight is 374 g/mol. The fraction of sp³-hybridized carbons (Fsp3) is 0.778. The SMILES string of the molecule is Cc1c(C(=O)NC(C)(C)C)c(C(F)(F)F)nn1C1CCCN(C(C)C)C1. The van der Waals surface area contributed by atoms with Crippen LogP contribution in [0, 0.1) is 6.92 Å². The van der Waals surface area contributed by atoms with Gasteiger partial charge in [-0.1, -0.05) is 0 Å². The summed E-state index contributed by atoms with van der Waals surface area (Å²) in [5.74, 6) is -0.731. The number of amides is 1.